The highest BCUT2D eigenvalue weighted by molar-refractivity contribution is 5.27. The Hall–Kier alpha value is -1.02. The molecule has 0 fully saturated rings. The monoisotopic (exact) mass is 208 g/mol. The zero-order chi connectivity index (χ0) is 11.3. The molecule has 0 N–H and O–H groups in total. The molecule has 0 atom stereocenters. The third kappa shape index (κ3) is 4.34. The SMILES string of the molecule is COC(C)(C)CCOc1cccc(C)c1. The highest BCUT2D eigenvalue weighted by Gasteiger charge is 2.15. The van der Waals surface area contributed by atoms with E-state index in [1.165, 1.54) is 5.56 Å². The van der Waals surface area contributed by atoms with Crippen LogP contribution in [-0.4, -0.2) is 19.3 Å². The number of methoxy groups -OCH3 is 1. The molecule has 15 heavy (non-hydrogen) atoms. The van der Waals surface area contributed by atoms with E-state index in [-0.39, 0.29) is 5.60 Å². The standard InChI is InChI=1S/C13H20O2/c1-11-6-5-7-12(10-11)15-9-8-13(2,3)14-4/h5-7,10H,8-9H2,1-4H3. The van der Waals surface area contributed by atoms with Crippen LogP contribution in [0.25, 0.3) is 0 Å². The molecular weight excluding hydrogens is 188 g/mol. The van der Waals surface area contributed by atoms with Crippen LogP contribution in [0.4, 0.5) is 0 Å². The molecule has 0 saturated carbocycles. The maximum atomic E-state index is 5.64. The van der Waals surface area contributed by atoms with E-state index < -0.39 is 0 Å². The Kier molecular flexibility index (Phi) is 4.15. The summed E-state index contributed by atoms with van der Waals surface area (Å²) >= 11 is 0. The van der Waals surface area contributed by atoms with E-state index in [2.05, 4.69) is 26.8 Å². The van der Waals surface area contributed by atoms with Gasteiger partial charge in [0.1, 0.15) is 5.75 Å². The molecule has 0 spiro atoms. The minimum atomic E-state index is -0.107. The topological polar surface area (TPSA) is 18.5 Å². The van der Waals surface area contributed by atoms with Crippen molar-refractivity contribution in [1.29, 1.82) is 0 Å². The quantitative estimate of drug-likeness (QED) is 0.740. The van der Waals surface area contributed by atoms with Crippen molar-refractivity contribution >= 4 is 0 Å². The van der Waals surface area contributed by atoms with E-state index in [1.54, 1.807) is 7.11 Å². The number of hydrogen-bond acceptors (Lipinski definition) is 2. The summed E-state index contributed by atoms with van der Waals surface area (Å²) in [6.07, 6.45) is 0.886. The van der Waals surface area contributed by atoms with Crippen LogP contribution in [0.2, 0.25) is 0 Å². The smallest absolute Gasteiger partial charge is 0.119 e. The van der Waals surface area contributed by atoms with E-state index in [0.717, 1.165) is 12.2 Å². The lowest BCUT2D eigenvalue weighted by molar-refractivity contribution is 0.00545. The molecule has 0 heterocycles. The highest BCUT2D eigenvalue weighted by atomic mass is 16.5. The normalized spacial score (nSPS) is 11.5. The summed E-state index contributed by atoms with van der Waals surface area (Å²) in [5.74, 6) is 0.932. The summed E-state index contributed by atoms with van der Waals surface area (Å²) in [6.45, 7) is 6.87. The van der Waals surface area contributed by atoms with Crippen LogP contribution >= 0.6 is 0 Å². The first kappa shape index (κ1) is 12.1. The molecule has 0 unspecified atom stereocenters. The van der Waals surface area contributed by atoms with Crippen molar-refractivity contribution in [3.63, 3.8) is 0 Å². The zero-order valence-electron chi connectivity index (χ0n) is 10.0. The lowest BCUT2D eigenvalue weighted by Crippen LogP contribution is -2.25. The number of rotatable bonds is 5. The van der Waals surface area contributed by atoms with Crippen molar-refractivity contribution in [2.75, 3.05) is 13.7 Å². The second kappa shape index (κ2) is 5.17. The Balaban J connectivity index is 2.38. The van der Waals surface area contributed by atoms with Gasteiger partial charge in [-0.1, -0.05) is 12.1 Å². The van der Waals surface area contributed by atoms with Gasteiger partial charge in [0, 0.05) is 13.5 Å². The van der Waals surface area contributed by atoms with E-state index in [4.69, 9.17) is 9.47 Å². The van der Waals surface area contributed by atoms with Crippen LogP contribution < -0.4 is 4.74 Å². The van der Waals surface area contributed by atoms with E-state index >= 15 is 0 Å². The minimum absolute atomic E-state index is 0.107. The molecular formula is C13H20O2. The maximum Gasteiger partial charge on any atom is 0.119 e. The Morgan fingerprint density at radius 3 is 2.60 bits per heavy atom. The Labute approximate surface area is 92.2 Å². The second-order valence-corrected chi connectivity index (χ2v) is 4.38. The number of benzene rings is 1. The fourth-order valence-electron chi connectivity index (χ4n) is 1.22. The molecule has 0 amide bonds. The summed E-state index contributed by atoms with van der Waals surface area (Å²) in [6, 6.07) is 8.09. The van der Waals surface area contributed by atoms with E-state index in [1.807, 2.05) is 18.2 Å². The summed E-state index contributed by atoms with van der Waals surface area (Å²) in [5, 5.41) is 0. The molecule has 0 aliphatic carbocycles. The van der Waals surface area contributed by atoms with Crippen LogP contribution in [0, 0.1) is 6.92 Å². The van der Waals surface area contributed by atoms with Crippen LogP contribution in [0.3, 0.4) is 0 Å². The van der Waals surface area contributed by atoms with Crippen molar-refractivity contribution in [3.05, 3.63) is 29.8 Å². The fraction of sp³-hybridized carbons (Fsp3) is 0.538. The van der Waals surface area contributed by atoms with Crippen LogP contribution in [-0.2, 0) is 4.74 Å². The van der Waals surface area contributed by atoms with Gasteiger partial charge in [-0.25, -0.2) is 0 Å². The summed E-state index contributed by atoms with van der Waals surface area (Å²) in [5.41, 5.74) is 1.11. The van der Waals surface area contributed by atoms with Gasteiger partial charge >= 0.3 is 0 Å². The van der Waals surface area contributed by atoms with Crippen LogP contribution in [0.1, 0.15) is 25.8 Å². The molecule has 0 saturated heterocycles. The molecule has 2 heteroatoms. The first-order valence-corrected chi connectivity index (χ1v) is 5.28. The van der Waals surface area contributed by atoms with Crippen molar-refractivity contribution in [3.8, 4) is 5.75 Å². The number of aryl methyl sites for hydroxylation is 1. The Morgan fingerprint density at radius 2 is 2.00 bits per heavy atom. The largest absolute Gasteiger partial charge is 0.493 e. The Morgan fingerprint density at radius 1 is 1.27 bits per heavy atom. The average Bonchev–Trinajstić information content (AvgIpc) is 2.18. The summed E-state index contributed by atoms with van der Waals surface area (Å²) in [7, 11) is 1.73. The molecule has 1 aromatic rings. The van der Waals surface area contributed by atoms with Crippen LogP contribution in [0.15, 0.2) is 24.3 Å². The van der Waals surface area contributed by atoms with Gasteiger partial charge in [0.15, 0.2) is 0 Å². The zero-order valence-corrected chi connectivity index (χ0v) is 10.0. The first-order valence-electron chi connectivity index (χ1n) is 5.28. The van der Waals surface area contributed by atoms with Gasteiger partial charge < -0.3 is 9.47 Å². The van der Waals surface area contributed by atoms with Crippen molar-refractivity contribution in [1.82, 2.24) is 0 Å². The number of ether oxygens (including phenoxy) is 2. The second-order valence-electron chi connectivity index (χ2n) is 4.38. The van der Waals surface area contributed by atoms with Gasteiger partial charge in [-0.15, -0.1) is 0 Å². The van der Waals surface area contributed by atoms with E-state index in [9.17, 15) is 0 Å². The molecule has 0 bridgehead atoms. The van der Waals surface area contributed by atoms with Gasteiger partial charge in [0.05, 0.1) is 12.2 Å². The molecule has 0 aromatic heterocycles. The summed E-state index contributed by atoms with van der Waals surface area (Å²) in [4.78, 5) is 0. The van der Waals surface area contributed by atoms with Gasteiger partial charge in [-0.3, -0.25) is 0 Å². The summed E-state index contributed by atoms with van der Waals surface area (Å²) < 4.78 is 11.0. The lowest BCUT2D eigenvalue weighted by atomic mass is 10.1. The molecule has 84 valence electrons. The molecule has 0 aliphatic rings. The third-order valence-corrected chi connectivity index (χ3v) is 2.51. The maximum absolute atomic E-state index is 5.64. The molecule has 1 aromatic carbocycles. The average molecular weight is 208 g/mol. The predicted octanol–water partition coefficient (Wildman–Crippen LogP) is 3.19. The van der Waals surface area contributed by atoms with Crippen LogP contribution in [0.5, 0.6) is 5.75 Å². The fourth-order valence-corrected chi connectivity index (χ4v) is 1.22. The lowest BCUT2D eigenvalue weighted by Gasteiger charge is -2.22. The third-order valence-electron chi connectivity index (χ3n) is 2.51. The van der Waals surface area contributed by atoms with E-state index in [0.29, 0.717) is 6.61 Å². The Bertz CT molecular complexity index is 305. The first-order chi connectivity index (χ1) is 7.03. The minimum Gasteiger partial charge on any atom is -0.493 e. The van der Waals surface area contributed by atoms with Gasteiger partial charge in [0.2, 0.25) is 0 Å². The van der Waals surface area contributed by atoms with Crippen molar-refractivity contribution in [2.45, 2.75) is 32.8 Å². The molecule has 0 aliphatic heterocycles. The van der Waals surface area contributed by atoms with Crippen molar-refractivity contribution in [2.24, 2.45) is 0 Å². The van der Waals surface area contributed by atoms with Gasteiger partial charge in [-0.05, 0) is 38.5 Å². The van der Waals surface area contributed by atoms with Crippen molar-refractivity contribution < 1.29 is 9.47 Å². The van der Waals surface area contributed by atoms with Gasteiger partial charge in [0.25, 0.3) is 0 Å². The highest BCUT2D eigenvalue weighted by Crippen LogP contribution is 2.16. The number of hydrogen-bond donors (Lipinski definition) is 0. The molecule has 0 radical (unpaired) electrons. The molecule has 2 nitrogen and oxygen atoms in total. The molecule has 1 rings (SSSR count). The predicted molar refractivity (Wildman–Crippen MR) is 62.4 cm³/mol. The van der Waals surface area contributed by atoms with Gasteiger partial charge in [-0.2, -0.15) is 0 Å².